The van der Waals surface area contributed by atoms with E-state index < -0.39 is 21.8 Å². The van der Waals surface area contributed by atoms with E-state index in [1.165, 1.54) is 39.9 Å². The molecular weight excluding hydrogens is 496 g/mol. The van der Waals surface area contributed by atoms with Crippen molar-refractivity contribution in [1.29, 1.82) is 0 Å². The topological polar surface area (TPSA) is 113 Å². The lowest BCUT2D eigenvalue weighted by molar-refractivity contribution is 0.1000. The third kappa shape index (κ3) is 5.31. The van der Waals surface area contributed by atoms with Crippen LogP contribution in [0.15, 0.2) is 29.2 Å². The Morgan fingerprint density at radius 3 is 2.53 bits per heavy atom. The number of likely N-dealkylation sites (N-methyl/N-ethyl adjacent to an activating group) is 1. The van der Waals surface area contributed by atoms with Crippen LogP contribution in [0.4, 0.5) is 5.00 Å². The highest BCUT2D eigenvalue weighted by molar-refractivity contribution is 7.89. The number of fused-ring (bicyclic) bond motifs is 1. The van der Waals surface area contributed by atoms with Crippen LogP contribution in [0, 0.1) is 5.92 Å². The van der Waals surface area contributed by atoms with E-state index in [4.69, 9.17) is 5.73 Å². The van der Waals surface area contributed by atoms with E-state index in [2.05, 4.69) is 24.1 Å². The van der Waals surface area contributed by atoms with Gasteiger partial charge in [0, 0.05) is 36.6 Å². The minimum atomic E-state index is -3.59. The molecule has 1 aromatic heterocycles. The Balaban J connectivity index is 0.00000324. The van der Waals surface area contributed by atoms with Crippen molar-refractivity contribution in [3.05, 3.63) is 45.8 Å². The second-order valence-corrected chi connectivity index (χ2v) is 11.8. The Bertz CT molecular complexity index is 1160. The summed E-state index contributed by atoms with van der Waals surface area (Å²) in [5, 5.41) is 3.28. The fourth-order valence-electron chi connectivity index (χ4n) is 4.54. The molecule has 4 rings (SSSR count). The van der Waals surface area contributed by atoms with Gasteiger partial charge in [-0.25, -0.2) is 8.42 Å². The number of hydrogen-bond acceptors (Lipinski definition) is 6. The number of anilines is 1. The van der Waals surface area contributed by atoms with Crippen molar-refractivity contribution in [3.8, 4) is 0 Å². The molecule has 1 aromatic carbocycles. The first-order valence-corrected chi connectivity index (χ1v) is 13.5. The molecule has 2 aliphatic heterocycles. The maximum absolute atomic E-state index is 13.0. The minimum absolute atomic E-state index is 0. The van der Waals surface area contributed by atoms with Gasteiger partial charge in [0.1, 0.15) is 5.00 Å². The molecule has 0 bridgehead atoms. The molecule has 0 radical (unpaired) electrons. The zero-order valence-electron chi connectivity index (χ0n) is 19.4. The Labute approximate surface area is 211 Å². The van der Waals surface area contributed by atoms with E-state index in [1.807, 2.05) is 0 Å². The highest BCUT2D eigenvalue weighted by Crippen LogP contribution is 2.37. The van der Waals surface area contributed by atoms with Crippen LogP contribution < -0.4 is 11.1 Å². The van der Waals surface area contributed by atoms with Gasteiger partial charge < -0.3 is 11.1 Å². The normalized spacial score (nSPS) is 19.2. The van der Waals surface area contributed by atoms with E-state index in [0.717, 1.165) is 49.3 Å². The van der Waals surface area contributed by atoms with Crippen LogP contribution in [0.25, 0.3) is 0 Å². The SMILES string of the molecule is CCN1CCc2c(sc(NC(=O)c3ccc(S(=O)(=O)N4CCCC(C)C4)cc3)c2C(N)=O)C1.Cl. The molecule has 3 heterocycles. The fraction of sp³-hybridized carbons (Fsp3) is 0.478. The van der Waals surface area contributed by atoms with Gasteiger partial charge in [-0.05, 0) is 61.6 Å². The Hall–Kier alpha value is -1.98. The van der Waals surface area contributed by atoms with Crippen molar-refractivity contribution in [2.45, 2.75) is 44.6 Å². The molecule has 11 heteroatoms. The predicted octanol–water partition coefficient (Wildman–Crippen LogP) is 3.32. The molecule has 0 aliphatic carbocycles. The number of carbonyl (C=O) groups excluding carboxylic acids is 2. The van der Waals surface area contributed by atoms with Gasteiger partial charge in [0.25, 0.3) is 11.8 Å². The van der Waals surface area contributed by atoms with Gasteiger partial charge in [0.05, 0.1) is 10.5 Å². The molecule has 1 unspecified atom stereocenters. The van der Waals surface area contributed by atoms with E-state index in [9.17, 15) is 18.0 Å². The Morgan fingerprint density at radius 1 is 1.21 bits per heavy atom. The molecule has 1 fully saturated rings. The largest absolute Gasteiger partial charge is 0.365 e. The van der Waals surface area contributed by atoms with Crippen LogP contribution in [0.2, 0.25) is 0 Å². The molecular formula is C23H31ClN4O4S2. The lowest BCUT2D eigenvalue weighted by Crippen LogP contribution is -2.39. The molecule has 1 saturated heterocycles. The van der Waals surface area contributed by atoms with Crippen LogP contribution >= 0.6 is 23.7 Å². The number of nitrogens with zero attached hydrogens (tertiary/aromatic N) is 2. The molecule has 2 aromatic rings. The van der Waals surface area contributed by atoms with Gasteiger partial charge in [-0.3, -0.25) is 14.5 Å². The fourth-order valence-corrected chi connectivity index (χ4v) is 7.43. The Morgan fingerprint density at radius 2 is 1.91 bits per heavy atom. The summed E-state index contributed by atoms with van der Waals surface area (Å²) in [6.07, 6.45) is 2.60. The summed E-state index contributed by atoms with van der Waals surface area (Å²) in [7, 11) is -3.59. The van der Waals surface area contributed by atoms with E-state index in [-0.39, 0.29) is 17.3 Å². The van der Waals surface area contributed by atoms with Crippen molar-refractivity contribution < 1.29 is 18.0 Å². The lowest BCUT2D eigenvalue weighted by atomic mass is 10.0. The summed E-state index contributed by atoms with van der Waals surface area (Å²) >= 11 is 1.38. The van der Waals surface area contributed by atoms with Gasteiger partial charge in [-0.15, -0.1) is 23.7 Å². The first-order chi connectivity index (χ1) is 15.7. The number of primary amides is 1. The van der Waals surface area contributed by atoms with E-state index >= 15 is 0 Å². The van der Waals surface area contributed by atoms with Gasteiger partial charge in [-0.2, -0.15) is 4.31 Å². The van der Waals surface area contributed by atoms with Gasteiger partial charge >= 0.3 is 0 Å². The number of amides is 2. The molecule has 2 amide bonds. The summed E-state index contributed by atoms with van der Waals surface area (Å²) in [5.74, 6) is -0.622. The number of halogens is 1. The van der Waals surface area contributed by atoms with Gasteiger partial charge in [0.2, 0.25) is 10.0 Å². The summed E-state index contributed by atoms with van der Waals surface area (Å²) in [5.41, 5.74) is 7.27. The number of benzene rings is 1. The van der Waals surface area contributed by atoms with Crippen LogP contribution in [0.1, 0.15) is 57.8 Å². The van der Waals surface area contributed by atoms with Crippen LogP contribution in [0.5, 0.6) is 0 Å². The average molecular weight is 527 g/mol. The molecule has 8 nitrogen and oxygen atoms in total. The maximum atomic E-state index is 13.0. The van der Waals surface area contributed by atoms with Crippen molar-refractivity contribution in [3.63, 3.8) is 0 Å². The molecule has 186 valence electrons. The number of nitrogens with two attached hydrogens (primary N) is 1. The number of thiophene rings is 1. The standard InChI is InChI=1S/C23H30N4O4S2.ClH/c1-3-26-12-10-18-19(14-26)32-23(20(18)21(24)28)25-22(29)16-6-8-17(9-7-16)33(30,31)27-11-4-5-15(2)13-27;/h6-9,15H,3-5,10-14H2,1-2H3,(H2,24,28)(H,25,29);1H. The summed E-state index contributed by atoms with van der Waals surface area (Å²) in [6, 6.07) is 5.95. The number of hydrogen-bond donors (Lipinski definition) is 2. The molecule has 0 spiro atoms. The second-order valence-electron chi connectivity index (χ2n) is 8.78. The number of carbonyl (C=O) groups is 2. The van der Waals surface area contributed by atoms with Gasteiger partial charge in [0.15, 0.2) is 0 Å². The summed E-state index contributed by atoms with van der Waals surface area (Å²) < 4.78 is 27.4. The first-order valence-electron chi connectivity index (χ1n) is 11.3. The second kappa shape index (κ2) is 10.7. The lowest BCUT2D eigenvalue weighted by Gasteiger charge is -2.30. The van der Waals surface area contributed by atoms with Crippen molar-refractivity contribution in [2.75, 3.05) is 31.5 Å². The highest BCUT2D eigenvalue weighted by atomic mass is 35.5. The van der Waals surface area contributed by atoms with Crippen LogP contribution in [-0.4, -0.2) is 55.6 Å². The van der Waals surface area contributed by atoms with Crippen molar-refractivity contribution >= 4 is 50.6 Å². The number of nitrogens with one attached hydrogen (secondary N) is 1. The summed E-state index contributed by atoms with van der Waals surface area (Å²) in [4.78, 5) is 28.5. The Kier molecular flexibility index (Phi) is 8.41. The number of sulfonamides is 1. The quantitative estimate of drug-likeness (QED) is 0.599. The van der Waals surface area contributed by atoms with Crippen molar-refractivity contribution in [1.82, 2.24) is 9.21 Å². The monoisotopic (exact) mass is 526 g/mol. The predicted molar refractivity (Wildman–Crippen MR) is 136 cm³/mol. The van der Waals surface area contributed by atoms with E-state index in [0.29, 0.717) is 35.1 Å². The minimum Gasteiger partial charge on any atom is -0.365 e. The zero-order chi connectivity index (χ0) is 23.8. The first kappa shape index (κ1) is 26.6. The number of piperidine rings is 1. The molecule has 2 aliphatic rings. The molecule has 1 atom stereocenters. The molecule has 34 heavy (non-hydrogen) atoms. The third-order valence-corrected chi connectivity index (χ3v) is 9.44. The third-order valence-electron chi connectivity index (χ3n) is 6.43. The smallest absolute Gasteiger partial charge is 0.256 e. The summed E-state index contributed by atoms with van der Waals surface area (Å²) in [6.45, 7) is 7.66. The average Bonchev–Trinajstić information content (AvgIpc) is 3.16. The molecule has 0 saturated carbocycles. The number of rotatable bonds is 6. The maximum Gasteiger partial charge on any atom is 0.256 e. The zero-order valence-corrected chi connectivity index (χ0v) is 21.8. The van der Waals surface area contributed by atoms with Crippen LogP contribution in [0.3, 0.4) is 0 Å². The highest BCUT2D eigenvalue weighted by Gasteiger charge is 2.30. The van der Waals surface area contributed by atoms with E-state index in [1.54, 1.807) is 0 Å². The molecule has 3 N–H and O–H groups in total. The van der Waals surface area contributed by atoms with Gasteiger partial charge in [-0.1, -0.05) is 13.8 Å². The van der Waals surface area contributed by atoms with Crippen molar-refractivity contribution in [2.24, 2.45) is 11.7 Å². The van der Waals surface area contributed by atoms with Crippen LogP contribution in [-0.2, 0) is 23.0 Å².